The van der Waals surface area contributed by atoms with Crippen molar-refractivity contribution in [2.45, 2.75) is 51.4 Å². The molecule has 0 radical (unpaired) electrons. The molecule has 3 heterocycles. The van der Waals surface area contributed by atoms with E-state index < -0.39 is 0 Å². The van der Waals surface area contributed by atoms with Crippen LogP contribution in [-0.4, -0.2) is 47.8 Å². The second kappa shape index (κ2) is 6.15. The first-order chi connectivity index (χ1) is 9.72. The van der Waals surface area contributed by atoms with E-state index in [-0.39, 0.29) is 11.8 Å². The average Bonchev–Trinajstić information content (AvgIpc) is 2.86. The van der Waals surface area contributed by atoms with Gasteiger partial charge in [0.05, 0.1) is 6.54 Å². The molecule has 4 rings (SSSR count). The van der Waals surface area contributed by atoms with Crippen LogP contribution in [0.2, 0.25) is 0 Å². The monoisotopic (exact) mass is 278 g/mol. The van der Waals surface area contributed by atoms with Crippen LogP contribution in [0, 0.1) is 11.8 Å². The number of hydrogen-bond donors (Lipinski definition) is 0. The lowest BCUT2D eigenvalue weighted by Crippen LogP contribution is -2.44. The summed E-state index contributed by atoms with van der Waals surface area (Å²) in [4.78, 5) is 28.4. The van der Waals surface area contributed by atoms with Gasteiger partial charge in [-0.1, -0.05) is 6.42 Å². The van der Waals surface area contributed by atoms with Crippen LogP contribution < -0.4 is 0 Å². The molecule has 3 aliphatic heterocycles. The third-order valence-electron chi connectivity index (χ3n) is 5.27. The summed E-state index contributed by atoms with van der Waals surface area (Å²) in [7, 11) is 0. The fraction of sp³-hybridized carbons (Fsp3) is 0.875. The Morgan fingerprint density at radius 3 is 2.30 bits per heavy atom. The maximum atomic E-state index is 12.5. The number of likely N-dealkylation sites (tertiary alicyclic amines) is 1. The number of carbonyl (C=O) groups is 2. The van der Waals surface area contributed by atoms with E-state index in [2.05, 4.69) is 0 Å². The molecule has 0 aromatic heterocycles. The summed E-state index contributed by atoms with van der Waals surface area (Å²) in [5, 5.41) is 0. The van der Waals surface area contributed by atoms with E-state index in [0.29, 0.717) is 24.8 Å². The summed E-state index contributed by atoms with van der Waals surface area (Å²) >= 11 is 0. The molecule has 2 amide bonds. The predicted octanol–water partition coefficient (Wildman–Crippen LogP) is 2.04. The fourth-order valence-corrected chi connectivity index (χ4v) is 3.97. The highest BCUT2D eigenvalue weighted by molar-refractivity contribution is 5.85. The molecule has 0 atom stereocenters. The van der Waals surface area contributed by atoms with Gasteiger partial charge in [0.25, 0.3) is 0 Å². The molecule has 20 heavy (non-hydrogen) atoms. The zero-order chi connectivity index (χ0) is 13.9. The lowest BCUT2D eigenvalue weighted by Gasteiger charge is -2.27. The second-order valence-electron chi connectivity index (χ2n) is 6.81. The van der Waals surface area contributed by atoms with Crippen LogP contribution >= 0.6 is 0 Å². The molecule has 4 heteroatoms. The molecule has 4 aliphatic rings. The molecule has 112 valence electrons. The van der Waals surface area contributed by atoms with E-state index in [1.165, 1.54) is 25.7 Å². The number of hydrogen-bond acceptors (Lipinski definition) is 2. The van der Waals surface area contributed by atoms with Crippen LogP contribution in [0.4, 0.5) is 0 Å². The van der Waals surface area contributed by atoms with Crippen LogP contribution in [0.5, 0.6) is 0 Å². The van der Waals surface area contributed by atoms with Gasteiger partial charge in [0.1, 0.15) is 0 Å². The minimum Gasteiger partial charge on any atom is -0.341 e. The first kappa shape index (κ1) is 13.9. The van der Waals surface area contributed by atoms with E-state index in [0.717, 1.165) is 38.9 Å². The van der Waals surface area contributed by atoms with Crippen molar-refractivity contribution in [1.82, 2.24) is 9.80 Å². The van der Waals surface area contributed by atoms with Crippen LogP contribution in [0.25, 0.3) is 0 Å². The smallest absolute Gasteiger partial charge is 0.242 e. The quantitative estimate of drug-likeness (QED) is 0.775. The van der Waals surface area contributed by atoms with Gasteiger partial charge in [-0.2, -0.15) is 0 Å². The van der Waals surface area contributed by atoms with Gasteiger partial charge in [0.15, 0.2) is 0 Å². The molecule has 0 aromatic carbocycles. The van der Waals surface area contributed by atoms with Gasteiger partial charge in [0.2, 0.25) is 11.8 Å². The molecule has 0 N–H and O–H groups in total. The molecule has 1 aliphatic carbocycles. The number of nitrogens with zero attached hydrogens (tertiary/aromatic N) is 2. The Morgan fingerprint density at radius 1 is 1.00 bits per heavy atom. The summed E-state index contributed by atoms with van der Waals surface area (Å²) in [6.07, 6.45) is 8.92. The highest BCUT2D eigenvalue weighted by Gasteiger charge is 2.32. The third kappa shape index (κ3) is 3.15. The molecule has 2 bridgehead atoms. The molecule has 4 nitrogen and oxygen atoms in total. The van der Waals surface area contributed by atoms with Gasteiger partial charge in [-0.15, -0.1) is 0 Å². The Labute approximate surface area is 121 Å². The third-order valence-corrected chi connectivity index (χ3v) is 5.27. The molecule has 0 spiro atoms. The Hall–Kier alpha value is -1.06. The molecule has 1 saturated carbocycles. The van der Waals surface area contributed by atoms with E-state index in [4.69, 9.17) is 0 Å². The van der Waals surface area contributed by atoms with E-state index in [1.54, 1.807) is 4.90 Å². The van der Waals surface area contributed by atoms with Crippen molar-refractivity contribution in [3.63, 3.8) is 0 Å². The van der Waals surface area contributed by atoms with Gasteiger partial charge in [-0.3, -0.25) is 9.59 Å². The Balaban J connectivity index is 1.59. The molecule has 4 fully saturated rings. The summed E-state index contributed by atoms with van der Waals surface area (Å²) in [5.74, 6) is 1.77. The Kier molecular flexibility index (Phi) is 4.27. The number of carbonyl (C=O) groups excluding carboxylic acids is 2. The van der Waals surface area contributed by atoms with Gasteiger partial charge >= 0.3 is 0 Å². The van der Waals surface area contributed by atoms with Gasteiger partial charge in [-0.25, -0.2) is 0 Å². The number of amides is 2. The minimum absolute atomic E-state index is 0.175. The largest absolute Gasteiger partial charge is 0.341 e. The van der Waals surface area contributed by atoms with Crippen LogP contribution in [0.1, 0.15) is 51.4 Å². The van der Waals surface area contributed by atoms with Crippen LogP contribution in [0.3, 0.4) is 0 Å². The van der Waals surface area contributed by atoms with E-state index in [1.807, 2.05) is 4.90 Å². The summed E-state index contributed by atoms with van der Waals surface area (Å²) < 4.78 is 0. The van der Waals surface area contributed by atoms with E-state index >= 15 is 0 Å². The topological polar surface area (TPSA) is 40.6 Å². The minimum atomic E-state index is 0.175. The summed E-state index contributed by atoms with van der Waals surface area (Å²) in [6, 6.07) is 0. The maximum Gasteiger partial charge on any atom is 0.242 e. The summed E-state index contributed by atoms with van der Waals surface area (Å²) in [6.45, 7) is 2.94. The van der Waals surface area contributed by atoms with Gasteiger partial charge in [0, 0.05) is 26.1 Å². The zero-order valence-corrected chi connectivity index (χ0v) is 12.4. The lowest BCUT2D eigenvalue weighted by atomic mass is 9.84. The summed E-state index contributed by atoms with van der Waals surface area (Å²) in [5.41, 5.74) is 0. The van der Waals surface area contributed by atoms with Crippen molar-refractivity contribution >= 4 is 11.8 Å². The van der Waals surface area contributed by atoms with E-state index in [9.17, 15) is 9.59 Å². The standard InChI is InChI=1S/C16H26N2O2/c19-15-4-2-1-3-9-17(15)12-16(20)18-10-13-5-6-14(11-18)8-7-13/h13-14H,1-12H2. The average molecular weight is 278 g/mol. The molecular weight excluding hydrogens is 252 g/mol. The maximum absolute atomic E-state index is 12.5. The first-order valence-corrected chi connectivity index (χ1v) is 8.28. The molecular formula is C16H26N2O2. The lowest BCUT2D eigenvalue weighted by molar-refractivity contribution is -0.140. The normalized spacial score (nSPS) is 31.1. The highest BCUT2D eigenvalue weighted by atomic mass is 16.2. The number of fused-ring (bicyclic) bond motifs is 4. The van der Waals surface area contributed by atoms with Crippen molar-refractivity contribution in [3.05, 3.63) is 0 Å². The van der Waals surface area contributed by atoms with Crippen molar-refractivity contribution < 1.29 is 9.59 Å². The number of rotatable bonds is 2. The predicted molar refractivity (Wildman–Crippen MR) is 77.1 cm³/mol. The van der Waals surface area contributed by atoms with Crippen molar-refractivity contribution in [2.24, 2.45) is 11.8 Å². The Morgan fingerprint density at radius 2 is 1.65 bits per heavy atom. The van der Waals surface area contributed by atoms with Gasteiger partial charge in [-0.05, 0) is 50.4 Å². The SMILES string of the molecule is O=C1CCCCCN1CC(=O)N1CC2CCC(CC2)C1. The fourth-order valence-electron chi connectivity index (χ4n) is 3.97. The highest BCUT2D eigenvalue weighted by Crippen LogP contribution is 2.33. The molecule has 0 unspecified atom stereocenters. The molecule has 0 aromatic rings. The van der Waals surface area contributed by atoms with Crippen LogP contribution in [-0.2, 0) is 9.59 Å². The van der Waals surface area contributed by atoms with Gasteiger partial charge < -0.3 is 9.80 Å². The zero-order valence-electron chi connectivity index (χ0n) is 12.4. The second-order valence-corrected chi connectivity index (χ2v) is 6.81. The van der Waals surface area contributed by atoms with Crippen molar-refractivity contribution in [1.29, 1.82) is 0 Å². The van der Waals surface area contributed by atoms with Crippen LogP contribution in [0.15, 0.2) is 0 Å². The first-order valence-electron chi connectivity index (χ1n) is 8.28. The van der Waals surface area contributed by atoms with Crippen molar-refractivity contribution in [3.8, 4) is 0 Å². The Bertz CT molecular complexity index is 361. The van der Waals surface area contributed by atoms with Crippen molar-refractivity contribution in [2.75, 3.05) is 26.2 Å². The molecule has 3 saturated heterocycles.